The van der Waals surface area contributed by atoms with Crippen molar-refractivity contribution in [1.82, 2.24) is 15.5 Å². The maximum absolute atomic E-state index is 8.11. The zero-order chi connectivity index (χ0) is 21.4. The largest absolute Gasteiger partial charge is 0.393 e. The molecular formula is C23H40N6. The Hall–Kier alpha value is -1.95. The van der Waals surface area contributed by atoms with Crippen molar-refractivity contribution in [3.63, 3.8) is 0 Å². The minimum absolute atomic E-state index is 0.242. The first-order chi connectivity index (χ1) is 13.8. The van der Waals surface area contributed by atoms with Gasteiger partial charge in [-0.1, -0.05) is 20.3 Å². The lowest BCUT2D eigenvalue weighted by Crippen LogP contribution is -2.38. The Kier molecular flexibility index (Phi) is 8.62. The van der Waals surface area contributed by atoms with Gasteiger partial charge in [0, 0.05) is 37.6 Å². The first kappa shape index (κ1) is 23.3. The molecule has 0 aromatic heterocycles. The molecule has 2 rings (SSSR count). The number of hydrogen-bond donors (Lipinski definition) is 5. The van der Waals surface area contributed by atoms with Crippen molar-refractivity contribution in [2.24, 2.45) is 17.3 Å². The monoisotopic (exact) mass is 400 g/mol. The van der Waals surface area contributed by atoms with E-state index in [1.165, 1.54) is 51.7 Å². The van der Waals surface area contributed by atoms with Gasteiger partial charge in [0.05, 0.1) is 5.71 Å². The highest BCUT2D eigenvalue weighted by Crippen LogP contribution is 2.59. The number of piperidine rings is 1. The molecule has 6 nitrogen and oxygen atoms in total. The molecular weight excluding hydrogens is 360 g/mol. The summed E-state index contributed by atoms with van der Waals surface area (Å²) in [6, 6.07) is 0. The van der Waals surface area contributed by atoms with Gasteiger partial charge in [0.2, 0.25) is 0 Å². The van der Waals surface area contributed by atoms with Crippen molar-refractivity contribution in [2.75, 3.05) is 33.2 Å². The summed E-state index contributed by atoms with van der Waals surface area (Å²) >= 11 is 0. The van der Waals surface area contributed by atoms with Crippen LogP contribution in [0.5, 0.6) is 0 Å². The molecule has 5 N–H and O–H groups in total. The van der Waals surface area contributed by atoms with Crippen LogP contribution < -0.4 is 10.6 Å². The first-order valence-electron chi connectivity index (χ1n) is 11.1. The van der Waals surface area contributed by atoms with Crippen molar-refractivity contribution in [2.45, 2.75) is 52.9 Å². The number of rotatable bonds is 11. The predicted octanol–water partition coefficient (Wildman–Crippen LogP) is 3.81. The molecule has 1 saturated heterocycles. The molecule has 1 spiro atoms. The molecule has 2 aliphatic rings. The third-order valence-electron chi connectivity index (χ3n) is 6.50. The fourth-order valence-corrected chi connectivity index (χ4v) is 4.62. The smallest absolute Gasteiger partial charge is 0.118 e. The zero-order valence-corrected chi connectivity index (χ0v) is 18.7. The Balaban J connectivity index is 1.71. The summed E-state index contributed by atoms with van der Waals surface area (Å²) in [7, 11) is 1.76. The average Bonchev–Trinajstić information content (AvgIpc) is 3.36. The number of nitrogens with zero attached hydrogens (tertiary/aromatic N) is 1. The van der Waals surface area contributed by atoms with Crippen LogP contribution in [-0.2, 0) is 0 Å². The van der Waals surface area contributed by atoms with E-state index < -0.39 is 0 Å². The van der Waals surface area contributed by atoms with Crippen molar-refractivity contribution in [3.05, 3.63) is 23.9 Å². The molecule has 2 atom stereocenters. The second-order valence-electron chi connectivity index (χ2n) is 8.97. The fraction of sp³-hybridized carbons (Fsp3) is 0.696. The topological polar surface area (TPSA) is 98.8 Å². The molecule has 162 valence electrons. The highest BCUT2D eigenvalue weighted by molar-refractivity contribution is 6.26. The molecule has 0 radical (unpaired) electrons. The van der Waals surface area contributed by atoms with Gasteiger partial charge >= 0.3 is 0 Å². The van der Waals surface area contributed by atoms with E-state index >= 15 is 0 Å². The average molecular weight is 401 g/mol. The minimum atomic E-state index is 0.242. The molecule has 2 fully saturated rings. The highest BCUT2D eigenvalue weighted by Gasteiger charge is 2.54. The van der Waals surface area contributed by atoms with Crippen LogP contribution in [-0.4, -0.2) is 55.4 Å². The maximum atomic E-state index is 8.11. The van der Waals surface area contributed by atoms with Crippen molar-refractivity contribution in [3.8, 4) is 0 Å². The Labute approximate surface area is 176 Å². The molecule has 2 unspecified atom stereocenters. The van der Waals surface area contributed by atoms with E-state index in [1.807, 2.05) is 0 Å². The van der Waals surface area contributed by atoms with E-state index in [4.69, 9.17) is 16.2 Å². The van der Waals surface area contributed by atoms with Gasteiger partial charge in [-0.2, -0.15) is 0 Å². The van der Waals surface area contributed by atoms with E-state index in [1.54, 1.807) is 32.3 Å². The molecule has 1 heterocycles. The minimum Gasteiger partial charge on any atom is -0.393 e. The van der Waals surface area contributed by atoms with E-state index in [9.17, 15) is 0 Å². The number of allylic oxidation sites excluding steroid dienone is 2. The molecule has 0 aromatic carbocycles. The number of nitrogens with one attached hydrogen (secondary N) is 5. The van der Waals surface area contributed by atoms with Gasteiger partial charge in [0.1, 0.15) is 5.84 Å². The van der Waals surface area contributed by atoms with Crippen LogP contribution in [0.4, 0.5) is 0 Å². The first-order valence-corrected chi connectivity index (χ1v) is 11.1. The Morgan fingerprint density at radius 1 is 1.21 bits per heavy atom. The quantitative estimate of drug-likeness (QED) is 0.269. The Morgan fingerprint density at radius 3 is 2.48 bits per heavy atom. The van der Waals surface area contributed by atoms with Crippen LogP contribution >= 0.6 is 0 Å². The van der Waals surface area contributed by atoms with Crippen LogP contribution in [0.2, 0.25) is 0 Å². The molecule has 1 aliphatic heterocycles. The van der Waals surface area contributed by atoms with Gasteiger partial charge in [-0.15, -0.1) is 0 Å². The molecule has 6 heteroatoms. The number of likely N-dealkylation sites (tertiary alicyclic amines) is 1. The van der Waals surface area contributed by atoms with Crippen LogP contribution in [0.15, 0.2) is 23.9 Å². The van der Waals surface area contributed by atoms with Gasteiger partial charge < -0.3 is 26.4 Å². The summed E-state index contributed by atoms with van der Waals surface area (Å²) in [6.07, 6.45) is 11.3. The Morgan fingerprint density at radius 2 is 1.90 bits per heavy atom. The summed E-state index contributed by atoms with van der Waals surface area (Å²) in [4.78, 5) is 2.65. The fourth-order valence-electron chi connectivity index (χ4n) is 4.62. The van der Waals surface area contributed by atoms with Gasteiger partial charge in [-0.05, 0) is 75.1 Å². The van der Waals surface area contributed by atoms with Gasteiger partial charge in [0.15, 0.2) is 0 Å². The highest BCUT2D eigenvalue weighted by atomic mass is 15.1. The third kappa shape index (κ3) is 6.81. The summed E-state index contributed by atoms with van der Waals surface area (Å²) in [5.41, 5.74) is 1.63. The zero-order valence-electron chi connectivity index (χ0n) is 18.7. The lowest BCUT2D eigenvalue weighted by Gasteiger charge is -2.34. The van der Waals surface area contributed by atoms with Gasteiger partial charge in [-0.25, -0.2) is 0 Å². The molecule has 0 amide bonds. The standard InChI is InChI=1S/C23H40N6/c1-5-6-17(2)16-29-11-9-23(10-12-29)13-19(23)14-28-22(26)8-7-21(25)20(15-27-4)18(3)24/h7-8,15,17,19,24-25,27H,5-6,9-14,16H2,1-4H3,(H2,26,28)/b8-7-,20-15+,24-18?,25-21?. The second kappa shape index (κ2) is 10.7. The predicted molar refractivity (Wildman–Crippen MR) is 123 cm³/mol. The summed E-state index contributed by atoms with van der Waals surface area (Å²) < 4.78 is 0. The van der Waals surface area contributed by atoms with Crippen LogP contribution in [0.25, 0.3) is 0 Å². The molecule has 0 bridgehead atoms. The van der Waals surface area contributed by atoms with E-state index in [0.717, 1.165) is 12.5 Å². The molecule has 0 aromatic rings. The third-order valence-corrected chi connectivity index (χ3v) is 6.50. The lowest BCUT2D eigenvalue weighted by molar-refractivity contribution is 0.143. The van der Waals surface area contributed by atoms with Crippen LogP contribution in [0.3, 0.4) is 0 Å². The lowest BCUT2D eigenvalue weighted by atomic mass is 9.90. The van der Waals surface area contributed by atoms with Crippen LogP contribution in [0, 0.1) is 33.5 Å². The van der Waals surface area contributed by atoms with Gasteiger partial charge in [0.25, 0.3) is 0 Å². The van der Waals surface area contributed by atoms with Gasteiger partial charge in [-0.3, -0.25) is 5.41 Å². The number of hydrogen-bond acceptors (Lipinski definition) is 5. The second-order valence-corrected chi connectivity index (χ2v) is 8.97. The normalized spacial score (nSPS) is 22.5. The Bertz CT molecular complexity index is 654. The number of amidine groups is 1. The van der Waals surface area contributed by atoms with Crippen molar-refractivity contribution < 1.29 is 0 Å². The van der Waals surface area contributed by atoms with E-state index in [2.05, 4.69) is 29.4 Å². The molecule has 29 heavy (non-hydrogen) atoms. The van der Waals surface area contributed by atoms with Crippen molar-refractivity contribution >= 4 is 17.3 Å². The van der Waals surface area contributed by atoms with E-state index in [-0.39, 0.29) is 5.71 Å². The molecule has 1 saturated carbocycles. The van der Waals surface area contributed by atoms with Crippen molar-refractivity contribution in [1.29, 1.82) is 16.2 Å². The summed E-state index contributed by atoms with van der Waals surface area (Å²) in [5, 5.41) is 30.0. The van der Waals surface area contributed by atoms with Crippen LogP contribution in [0.1, 0.15) is 52.9 Å². The maximum Gasteiger partial charge on any atom is 0.118 e. The summed E-state index contributed by atoms with van der Waals surface area (Å²) in [5.74, 6) is 1.82. The SMILES string of the molecule is CCCC(C)CN1CCC2(CC1)CC2CNC(=N)/C=C\C(=N)/C(=C/NC)C(C)=N. The molecule has 1 aliphatic carbocycles. The summed E-state index contributed by atoms with van der Waals surface area (Å²) in [6.45, 7) is 10.9. The van der Waals surface area contributed by atoms with E-state index in [0.29, 0.717) is 28.5 Å².